The van der Waals surface area contributed by atoms with E-state index in [2.05, 4.69) is 10.3 Å². The molecule has 13 heteroatoms. The average molecular weight is 497 g/mol. The molecule has 2 atom stereocenters. The van der Waals surface area contributed by atoms with Crippen LogP contribution in [-0.2, 0) is 24.3 Å². The number of nitrogens with zero attached hydrogens (tertiary/aromatic N) is 1. The Kier molecular flexibility index (Phi) is 8.42. The van der Waals surface area contributed by atoms with Gasteiger partial charge < -0.3 is 15.2 Å². The molecule has 2 aromatic rings. The number of amides is 1. The third-order valence-electron chi connectivity index (χ3n) is 3.56. The Hall–Kier alpha value is -1.95. The zero-order chi connectivity index (χ0) is 22.5. The van der Waals surface area contributed by atoms with Crippen LogP contribution in [0.1, 0.15) is 6.92 Å². The zero-order valence-electron chi connectivity index (χ0n) is 15.3. The highest BCUT2D eigenvalue weighted by molar-refractivity contribution is 7.89. The first kappa shape index (κ1) is 24.3. The van der Waals surface area contributed by atoms with E-state index >= 15 is 0 Å². The van der Waals surface area contributed by atoms with Crippen molar-refractivity contribution >= 4 is 62.5 Å². The number of rotatable bonds is 8. The highest BCUT2D eigenvalue weighted by Crippen LogP contribution is 2.25. The van der Waals surface area contributed by atoms with E-state index in [1.807, 2.05) is 4.72 Å². The summed E-state index contributed by atoms with van der Waals surface area (Å²) in [6.07, 6.45) is -0.152. The smallest absolute Gasteiger partial charge is 0.327 e. The molecule has 1 aromatic carbocycles. The highest BCUT2D eigenvalue weighted by Gasteiger charge is 2.31. The van der Waals surface area contributed by atoms with Crippen LogP contribution in [0.4, 0.5) is 5.82 Å². The fourth-order valence-corrected chi connectivity index (χ4v) is 3.84. The predicted octanol–water partition coefficient (Wildman–Crippen LogP) is 2.25. The summed E-state index contributed by atoms with van der Waals surface area (Å²) in [7, 11) is -4.26. The lowest BCUT2D eigenvalue weighted by atomic mass is 10.2. The normalized spacial score (nSPS) is 13.4. The van der Waals surface area contributed by atoms with Crippen molar-refractivity contribution in [2.24, 2.45) is 0 Å². The molecular formula is C17H16Cl3N3O6S. The number of halogens is 3. The van der Waals surface area contributed by atoms with Crippen molar-refractivity contribution in [1.82, 2.24) is 9.71 Å². The predicted molar refractivity (Wildman–Crippen MR) is 111 cm³/mol. The number of hydrogen-bond donors (Lipinski definition) is 3. The Balaban J connectivity index is 2.02. The number of nitrogens with one attached hydrogen (secondary N) is 2. The molecule has 2 rings (SSSR count). The summed E-state index contributed by atoms with van der Waals surface area (Å²) in [6.45, 7) is 0.446. The van der Waals surface area contributed by atoms with Crippen LogP contribution in [0, 0.1) is 0 Å². The molecule has 0 aliphatic carbocycles. The number of hydrogen-bond acceptors (Lipinski definition) is 7. The third-order valence-corrected chi connectivity index (χ3v) is 5.96. The molecule has 0 aliphatic rings. The first-order chi connectivity index (χ1) is 14.0. The molecule has 0 fully saturated rings. The van der Waals surface area contributed by atoms with Gasteiger partial charge in [0.2, 0.25) is 10.0 Å². The van der Waals surface area contributed by atoms with Gasteiger partial charge >= 0.3 is 5.97 Å². The Bertz CT molecular complexity index is 1030. The fourth-order valence-electron chi connectivity index (χ4n) is 2.08. The molecule has 9 nitrogen and oxygen atoms in total. The second-order valence-electron chi connectivity index (χ2n) is 5.93. The van der Waals surface area contributed by atoms with Gasteiger partial charge in [0.1, 0.15) is 11.9 Å². The van der Waals surface area contributed by atoms with Gasteiger partial charge in [-0.3, -0.25) is 9.59 Å². The van der Waals surface area contributed by atoms with E-state index in [4.69, 9.17) is 39.5 Å². The van der Waals surface area contributed by atoms with E-state index in [1.165, 1.54) is 37.4 Å². The number of sulfonamides is 1. The maximum Gasteiger partial charge on any atom is 0.327 e. The van der Waals surface area contributed by atoms with Crippen molar-refractivity contribution in [3.8, 4) is 0 Å². The molecule has 2 unspecified atom stereocenters. The minimum Gasteiger partial charge on any atom is -0.454 e. The van der Waals surface area contributed by atoms with E-state index < -0.39 is 40.7 Å². The number of esters is 1. The lowest BCUT2D eigenvalue weighted by Crippen LogP contribution is -2.48. The van der Waals surface area contributed by atoms with Crippen LogP contribution in [0.2, 0.25) is 15.1 Å². The maximum absolute atomic E-state index is 12.5. The maximum atomic E-state index is 12.5. The molecular weight excluding hydrogens is 481 g/mol. The summed E-state index contributed by atoms with van der Waals surface area (Å²) in [5.74, 6) is -1.71. The molecule has 1 heterocycles. The van der Waals surface area contributed by atoms with E-state index in [9.17, 15) is 23.1 Å². The van der Waals surface area contributed by atoms with Crippen LogP contribution in [-0.4, -0.2) is 49.1 Å². The monoisotopic (exact) mass is 495 g/mol. The highest BCUT2D eigenvalue weighted by atomic mass is 35.5. The van der Waals surface area contributed by atoms with Crippen molar-refractivity contribution in [2.45, 2.75) is 24.0 Å². The fraction of sp³-hybridized carbons (Fsp3) is 0.235. The molecule has 3 N–H and O–H groups in total. The Morgan fingerprint density at radius 2 is 1.87 bits per heavy atom. The molecule has 0 saturated heterocycles. The van der Waals surface area contributed by atoms with Gasteiger partial charge in [0.25, 0.3) is 5.91 Å². The number of anilines is 1. The number of aliphatic hydroxyl groups excluding tert-OH is 1. The van der Waals surface area contributed by atoms with Crippen LogP contribution in [0.3, 0.4) is 0 Å². The SMILES string of the molecule is CC(O)C(NS(=O)(=O)c1ccc(Cl)c(Cl)c1)C(=O)OCC(=O)Nc1ccc(Cl)cn1. The Labute approximate surface area is 187 Å². The van der Waals surface area contributed by atoms with Crippen LogP contribution < -0.4 is 10.0 Å². The second-order valence-corrected chi connectivity index (χ2v) is 8.90. The summed E-state index contributed by atoms with van der Waals surface area (Å²) in [4.78, 5) is 27.7. The minimum absolute atomic E-state index is 0.0109. The molecule has 1 amide bonds. The summed E-state index contributed by atoms with van der Waals surface area (Å²) >= 11 is 17.3. The van der Waals surface area contributed by atoms with Gasteiger partial charge in [-0.05, 0) is 37.3 Å². The quantitative estimate of drug-likeness (QED) is 0.477. The first-order valence-electron chi connectivity index (χ1n) is 8.23. The van der Waals surface area contributed by atoms with Crippen LogP contribution in [0.15, 0.2) is 41.4 Å². The largest absolute Gasteiger partial charge is 0.454 e. The van der Waals surface area contributed by atoms with Gasteiger partial charge in [-0.15, -0.1) is 0 Å². The molecule has 30 heavy (non-hydrogen) atoms. The molecule has 0 saturated carbocycles. The number of ether oxygens (including phenoxy) is 1. The van der Waals surface area contributed by atoms with Gasteiger partial charge in [0.05, 0.1) is 26.1 Å². The second kappa shape index (κ2) is 10.4. The van der Waals surface area contributed by atoms with E-state index in [0.717, 1.165) is 6.07 Å². The van der Waals surface area contributed by atoms with Crippen molar-refractivity contribution in [1.29, 1.82) is 0 Å². The summed E-state index contributed by atoms with van der Waals surface area (Å²) < 4.78 is 31.8. The van der Waals surface area contributed by atoms with Crippen molar-refractivity contribution in [2.75, 3.05) is 11.9 Å². The number of aromatic nitrogens is 1. The van der Waals surface area contributed by atoms with E-state index in [0.29, 0.717) is 5.02 Å². The Morgan fingerprint density at radius 1 is 1.17 bits per heavy atom. The number of carbonyl (C=O) groups excluding carboxylic acids is 2. The molecule has 0 radical (unpaired) electrons. The van der Waals surface area contributed by atoms with Crippen LogP contribution >= 0.6 is 34.8 Å². The molecule has 162 valence electrons. The van der Waals surface area contributed by atoms with E-state index in [1.54, 1.807) is 0 Å². The lowest BCUT2D eigenvalue weighted by Gasteiger charge is -2.20. The van der Waals surface area contributed by atoms with Gasteiger partial charge in [0.15, 0.2) is 6.61 Å². The average Bonchev–Trinajstić information content (AvgIpc) is 2.68. The van der Waals surface area contributed by atoms with Gasteiger partial charge in [-0.2, -0.15) is 4.72 Å². The lowest BCUT2D eigenvalue weighted by molar-refractivity contribution is -0.151. The molecule has 0 aliphatic heterocycles. The Morgan fingerprint density at radius 3 is 2.43 bits per heavy atom. The van der Waals surface area contributed by atoms with Crippen molar-refractivity contribution in [3.63, 3.8) is 0 Å². The number of aliphatic hydroxyl groups is 1. The molecule has 0 bridgehead atoms. The summed E-state index contributed by atoms with van der Waals surface area (Å²) in [6, 6.07) is 4.79. The van der Waals surface area contributed by atoms with Gasteiger partial charge in [-0.25, -0.2) is 13.4 Å². The number of carbonyl (C=O) groups is 2. The van der Waals surface area contributed by atoms with Gasteiger partial charge in [0, 0.05) is 6.20 Å². The van der Waals surface area contributed by atoms with Crippen LogP contribution in [0.25, 0.3) is 0 Å². The standard InChI is InChI=1S/C17H16Cl3N3O6S/c1-9(24)16(23-30(27,28)11-3-4-12(19)13(20)6-11)17(26)29-8-15(25)22-14-5-2-10(18)7-21-14/h2-7,9,16,23-24H,8H2,1H3,(H,21,22,25). The molecule has 1 aromatic heterocycles. The van der Waals surface area contributed by atoms with Crippen molar-refractivity contribution in [3.05, 3.63) is 51.6 Å². The van der Waals surface area contributed by atoms with Crippen LogP contribution in [0.5, 0.6) is 0 Å². The summed E-state index contributed by atoms with van der Waals surface area (Å²) in [5.41, 5.74) is 0. The molecule has 0 spiro atoms. The van der Waals surface area contributed by atoms with Crippen molar-refractivity contribution < 1.29 is 27.9 Å². The first-order valence-corrected chi connectivity index (χ1v) is 10.8. The number of benzene rings is 1. The minimum atomic E-state index is -4.26. The zero-order valence-corrected chi connectivity index (χ0v) is 18.4. The third kappa shape index (κ3) is 6.79. The topological polar surface area (TPSA) is 135 Å². The van der Waals surface area contributed by atoms with Gasteiger partial charge in [-0.1, -0.05) is 34.8 Å². The number of pyridine rings is 1. The van der Waals surface area contributed by atoms with E-state index in [-0.39, 0.29) is 20.8 Å². The summed E-state index contributed by atoms with van der Waals surface area (Å²) in [5, 5.41) is 12.7.